The fourth-order valence-corrected chi connectivity index (χ4v) is 4.21. The smallest absolute Gasteiger partial charge is 0.258 e. The number of sulfonamides is 1. The monoisotopic (exact) mass is 380 g/mol. The summed E-state index contributed by atoms with van der Waals surface area (Å²) in [5.74, 6) is -0.409. The number of halogens is 1. The van der Waals surface area contributed by atoms with Crippen LogP contribution in [0.1, 0.15) is 31.7 Å². The Bertz CT molecular complexity index is 854. The summed E-state index contributed by atoms with van der Waals surface area (Å²) in [5.41, 5.74) is 0.164. The molecule has 0 aliphatic carbocycles. The Balaban J connectivity index is 2.39. The number of hydrogen-bond donors (Lipinski definition) is 0. The Morgan fingerprint density at radius 1 is 1.08 bits per heavy atom. The highest BCUT2D eigenvalue weighted by atomic mass is 32.2. The first kappa shape index (κ1) is 20.0. The van der Waals surface area contributed by atoms with Gasteiger partial charge >= 0.3 is 0 Å². The lowest BCUT2D eigenvalue weighted by Gasteiger charge is -2.22. The first-order valence-electron chi connectivity index (χ1n) is 8.34. The van der Waals surface area contributed by atoms with Crippen LogP contribution in [0.2, 0.25) is 0 Å². The molecule has 2 aromatic carbocycles. The Kier molecular flexibility index (Phi) is 6.82. The molecule has 0 fully saturated rings. The number of benzene rings is 2. The van der Waals surface area contributed by atoms with Gasteiger partial charge < -0.3 is 0 Å². The van der Waals surface area contributed by atoms with Crippen LogP contribution < -0.4 is 0 Å². The largest absolute Gasteiger partial charge is 0.289 e. The first-order valence-corrected chi connectivity index (χ1v) is 9.78. The predicted molar refractivity (Wildman–Crippen MR) is 96.6 cm³/mol. The van der Waals surface area contributed by atoms with Crippen LogP contribution in [0.5, 0.6) is 0 Å². The van der Waals surface area contributed by atoms with E-state index in [2.05, 4.69) is 0 Å². The molecule has 8 heteroatoms. The van der Waals surface area contributed by atoms with Crippen molar-refractivity contribution >= 4 is 15.7 Å². The molecule has 2 aromatic rings. The van der Waals surface area contributed by atoms with Gasteiger partial charge in [0.05, 0.1) is 4.92 Å². The molecular formula is C18H21FN2O4S. The number of nitro groups is 1. The highest BCUT2D eigenvalue weighted by molar-refractivity contribution is 7.89. The Morgan fingerprint density at radius 2 is 1.73 bits per heavy atom. The topological polar surface area (TPSA) is 80.5 Å². The van der Waals surface area contributed by atoms with Crippen LogP contribution in [0, 0.1) is 15.9 Å². The molecule has 26 heavy (non-hydrogen) atoms. The molecule has 0 saturated carbocycles. The SMILES string of the molecule is CCCCCN(Cc1ccc(F)cc1)S(=O)(=O)c1ccccc1[N+](=O)[O-]. The van der Waals surface area contributed by atoms with Gasteiger partial charge in [-0.1, -0.05) is 44.0 Å². The maximum Gasteiger partial charge on any atom is 0.289 e. The van der Waals surface area contributed by atoms with E-state index < -0.39 is 26.5 Å². The maximum absolute atomic E-state index is 13.1. The molecule has 0 saturated heterocycles. The summed E-state index contributed by atoms with van der Waals surface area (Å²) >= 11 is 0. The van der Waals surface area contributed by atoms with Crippen molar-refractivity contribution in [2.24, 2.45) is 0 Å². The quantitative estimate of drug-likeness (QED) is 0.372. The fraction of sp³-hybridized carbons (Fsp3) is 0.333. The molecule has 0 aromatic heterocycles. The van der Waals surface area contributed by atoms with Crippen LogP contribution in [0.4, 0.5) is 10.1 Å². The molecule has 0 N–H and O–H groups in total. The van der Waals surface area contributed by atoms with E-state index in [0.29, 0.717) is 12.0 Å². The second-order valence-electron chi connectivity index (χ2n) is 5.90. The van der Waals surface area contributed by atoms with Crippen LogP contribution >= 0.6 is 0 Å². The zero-order valence-electron chi connectivity index (χ0n) is 14.5. The van der Waals surface area contributed by atoms with Gasteiger partial charge in [0.2, 0.25) is 10.0 Å². The number of unbranched alkanes of at least 4 members (excludes halogenated alkanes) is 2. The van der Waals surface area contributed by atoms with E-state index in [0.717, 1.165) is 12.8 Å². The van der Waals surface area contributed by atoms with Gasteiger partial charge in [0, 0.05) is 19.2 Å². The number of nitro benzene ring substituents is 1. The summed E-state index contributed by atoms with van der Waals surface area (Å²) in [6, 6.07) is 10.9. The number of hydrogen-bond acceptors (Lipinski definition) is 4. The van der Waals surface area contributed by atoms with Gasteiger partial charge in [-0.25, -0.2) is 12.8 Å². The van der Waals surface area contributed by atoms with Gasteiger partial charge in [0.1, 0.15) is 5.82 Å². The maximum atomic E-state index is 13.1. The van der Waals surface area contributed by atoms with Crippen molar-refractivity contribution in [3.05, 3.63) is 70.0 Å². The molecule has 6 nitrogen and oxygen atoms in total. The summed E-state index contributed by atoms with van der Waals surface area (Å²) in [6.45, 7) is 2.26. The summed E-state index contributed by atoms with van der Waals surface area (Å²) in [5, 5.41) is 11.2. The molecule has 0 atom stereocenters. The molecule has 0 unspecified atom stereocenters. The van der Waals surface area contributed by atoms with Crippen molar-refractivity contribution in [1.29, 1.82) is 0 Å². The minimum Gasteiger partial charge on any atom is -0.258 e. The number of para-hydroxylation sites is 1. The van der Waals surface area contributed by atoms with E-state index in [4.69, 9.17) is 0 Å². The lowest BCUT2D eigenvalue weighted by atomic mass is 10.2. The third kappa shape index (κ3) is 4.86. The lowest BCUT2D eigenvalue weighted by Crippen LogP contribution is -2.32. The molecule has 0 heterocycles. The summed E-state index contributed by atoms with van der Waals surface area (Å²) in [4.78, 5) is 10.2. The molecule has 140 valence electrons. The Labute approximate surface area is 152 Å². The molecule has 0 bridgehead atoms. The van der Waals surface area contributed by atoms with E-state index in [1.807, 2.05) is 6.92 Å². The van der Waals surface area contributed by atoms with Gasteiger partial charge in [-0.3, -0.25) is 10.1 Å². The van der Waals surface area contributed by atoms with Crippen LogP contribution in [-0.4, -0.2) is 24.2 Å². The summed E-state index contributed by atoms with van der Waals surface area (Å²) in [6.07, 6.45) is 2.39. The van der Waals surface area contributed by atoms with Gasteiger partial charge in [-0.2, -0.15) is 4.31 Å². The average molecular weight is 380 g/mol. The molecule has 0 aliphatic heterocycles. The van der Waals surface area contributed by atoms with E-state index in [-0.39, 0.29) is 18.0 Å². The Hall–Kier alpha value is -2.32. The molecule has 0 aliphatic rings. The van der Waals surface area contributed by atoms with Gasteiger partial charge in [-0.15, -0.1) is 0 Å². The van der Waals surface area contributed by atoms with E-state index in [1.165, 1.54) is 52.8 Å². The average Bonchev–Trinajstić information content (AvgIpc) is 2.62. The van der Waals surface area contributed by atoms with Gasteiger partial charge in [0.15, 0.2) is 4.90 Å². The predicted octanol–water partition coefficient (Wildman–Crippen LogP) is 4.12. The van der Waals surface area contributed by atoms with Gasteiger partial charge in [-0.05, 0) is 30.2 Å². The summed E-state index contributed by atoms with van der Waals surface area (Å²) in [7, 11) is -4.07. The lowest BCUT2D eigenvalue weighted by molar-refractivity contribution is -0.387. The third-order valence-corrected chi connectivity index (χ3v) is 5.86. The molecular weight excluding hydrogens is 359 g/mol. The second kappa shape index (κ2) is 8.86. The van der Waals surface area contributed by atoms with Crippen LogP contribution in [-0.2, 0) is 16.6 Å². The zero-order valence-corrected chi connectivity index (χ0v) is 15.3. The van der Waals surface area contributed by atoms with Crippen LogP contribution in [0.3, 0.4) is 0 Å². The minimum absolute atomic E-state index is 0.0262. The van der Waals surface area contributed by atoms with E-state index in [1.54, 1.807) is 0 Å². The van der Waals surface area contributed by atoms with Gasteiger partial charge in [0.25, 0.3) is 5.69 Å². The van der Waals surface area contributed by atoms with Crippen molar-refractivity contribution in [2.45, 2.75) is 37.6 Å². The van der Waals surface area contributed by atoms with Crippen molar-refractivity contribution in [3.63, 3.8) is 0 Å². The fourth-order valence-electron chi connectivity index (χ4n) is 2.58. The molecule has 0 radical (unpaired) electrons. The standard InChI is InChI=1S/C18H21FN2O4S/c1-2-3-6-13-20(14-15-9-11-16(19)12-10-15)26(24,25)18-8-5-4-7-17(18)21(22)23/h4-5,7-12H,2-3,6,13-14H2,1H3. The highest BCUT2D eigenvalue weighted by Gasteiger charge is 2.31. The highest BCUT2D eigenvalue weighted by Crippen LogP contribution is 2.27. The number of nitrogens with zero attached hydrogens (tertiary/aromatic N) is 2. The minimum atomic E-state index is -4.07. The zero-order chi connectivity index (χ0) is 19.2. The van der Waals surface area contributed by atoms with Crippen molar-refractivity contribution in [2.75, 3.05) is 6.54 Å². The molecule has 0 amide bonds. The summed E-state index contributed by atoms with van der Waals surface area (Å²) < 4.78 is 40.5. The Morgan fingerprint density at radius 3 is 2.35 bits per heavy atom. The second-order valence-corrected chi connectivity index (χ2v) is 7.80. The first-order chi connectivity index (χ1) is 12.4. The molecule has 2 rings (SSSR count). The third-order valence-electron chi connectivity index (χ3n) is 3.96. The van der Waals surface area contributed by atoms with Crippen LogP contribution in [0.15, 0.2) is 53.4 Å². The van der Waals surface area contributed by atoms with Crippen LogP contribution in [0.25, 0.3) is 0 Å². The number of rotatable bonds is 9. The van der Waals surface area contributed by atoms with Crippen molar-refractivity contribution in [1.82, 2.24) is 4.31 Å². The molecule has 0 spiro atoms. The van der Waals surface area contributed by atoms with E-state index >= 15 is 0 Å². The normalized spacial score (nSPS) is 11.7. The van der Waals surface area contributed by atoms with Crippen molar-refractivity contribution < 1.29 is 17.7 Å². The van der Waals surface area contributed by atoms with E-state index in [9.17, 15) is 22.9 Å². The van der Waals surface area contributed by atoms with Crippen molar-refractivity contribution in [3.8, 4) is 0 Å².